The van der Waals surface area contributed by atoms with E-state index in [1.165, 1.54) is 0 Å². The zero-order valence-electron chi connectivity index (χ0n) is 9.53. The molecule has 0 spiro atoms. The molecule has 0 saturated heterocycles. The molecule has 0 fully saturated rings. The van der Waals surface area contributed by atoms with Gasteiger partial charge in [-0.15, -0.1) is 21.2 Å². The lowest BCUT2D eigenvalue weighted by atomic mass is 10.0. The molecule has 1 aromatic carbocycles. The second kappa shape index (κ2) is 5.23. The zero-order chi connectivity index (χ0) is 14.4. The number of hydrogen-bond donors (Lipinski definition) is 2. The molecule has 0 aromatic heterocycles. The smallest absolute Gasteiger partial charge is 0.395 e. The van der Waals surface area contributed by atoms with E-state index in [1.807, 2.05) is 0 Å². The third kappa shape index (κ3) is 3.22. The highest BCUT2D eigenvalue weighted by Crippen LogP contribution is 2.42. The fraction of sp³-hybridized carbons (Fsp3) is 0.400. The maximum absolute atomic E-state index is 12.7. The first-order valence-corrected chi connectivity index (χ1v) is 5.00. The number of rotatable bonds is 2. The molecule has 3 N–H and O–H groups in total. The van der Waals surface area contributed by atoms with Crippen LogP contribution in [0.25, 0.3) is 0 Å². The van der Waals surface area contributed by atoms with Crippen LogP contribution in [0, 0.1) is 0 Å². The van der Waals surface area contributed by atoms with Gasteiger partial charge < -0.3 is 20.3 Å². The first-order valence-electron chi connectivity index (χ1n) is 5.00. The average molecular weight is 322 g/mol. The molecule has 114 valence electrons. The minimum absolute atomic E-state index is 0. The van der Waals surface area contributed by atoms with Gasteiger partial charge in [-0.05, 0) is 17.7 Å². The first kappa shape index (κ1) is 16.7. The van der Waals surface area contributed by atoms with E-state index in [0.29, 0.717) is 0 Å². The van der Waals surface area contributed by atoms with Crippen LogP contribution in [-0.4, -0.2) is 23.7 Å². The number of aliphatic hydroxyl groups excluding tert-OH is 1. The number of alkyl halides is 5. The zero-order valence-corrected chi connectivity index (χ0v) is 10.3. The van der Waals surface area contributed by atoms with Crippen molar-refractivity contribution in [3.05, 3.63) is 23.8 Å². The molecule has 0 aliphatic carbocycles. The largest absolute Gasteiger partial charge is 0.586 e. The number of hydrogen-bond acceptors (Lipinski definition) is 4. The summed E-state index contributed by atoms with van der Waals surface area (Å²) in [5.41, 5.74) is 5.03. The number of fused-ring (bicyclic) bond motifs is 1. The van der Waals surface area contributed by atoms with Crippen molar-refractivity contribution in [2.45, 2.75) is 24.6 Å². The molecule has 1 aliphatic heterocycles. The molecule has 4 nitrogen and oxygen atoms in total. The predicted octanol–water partition coefficient (Wildman–Crippen LogP) is 2.35. The summed E-state index contributed by atoms with van der Waals surface area (Å²) in [5.74, 6) is -0.755. The third-order valence-electron chi connectivity index (χ3n) is 2.49. The van der Waals surface area contributed by atoms with Gasteiger partial charge in [0.1, 0.15) is 0 Å². The van der Waals surface area contributed by atoms with Gasteiger partial charge in [0, 0.05) is 0 Å². The van der Waals surface area contributed by atoms with Crippen molar-refractivity contribution < 1.29 is 36.5 Å². The van der Waals surface area contributed by atoms with Crippen LogP contribution in [0.5, 0.6) is 11.5 Å². The minimum atomic E-state index is -4.92. The molecule has 20 heavy (non-hydrogen) atoms. The van der Waals surface area contributed by atoms with Gasteiger partial charge in [0.05, 0.1) is 6.04 Å². The van der Waals surface area contributed by atoms with Gasteiger partial charge in [-0.1, -0.05) is 6.07 Å². The van der Waals surface area contributed by atoms with Gasteiger partial charge in [0.2, 0.25) is 0 Å². The number of halogens is 6. The Morgan fingerprint density at radius 3 is 2.25 bits per heavy atom. The molecule has 0 unspecified atom stereocenters. The second-order valence-corrected chi connectivity index (χ2v) is 3.89. The van der Waals surface area contributed by atoms with E-state index >= 15 is 0 Å². The Morgan fingerprint density at radius 2 is 1.70 bits per heavy atom. The van der Waals surface area contributed by atoms with Crippen LogP contribution in [-0.2, 0) is 0 Å². The van der Waals surface area contributed by atoms with E-state index in [4.69, 9.17) is 10.8 Å². The van der Waals surface area contributed by atoms with Gasteiger partial charge in [-0.25, -0.2) is 0 Å². The molecule has 2 atom stereocenters. The van der Waals surface area contributed by atoms with Crippen LogP contribution in [0.3, 0.4) is 0 Å². The fourth-order valence-corrected chi connectivity index (χ4v) is 1.56. The maximum atomic E-state index is 12.7. The van der Waals surface area contributed by atoms with Gasteiger partial charge in [-0.3, -0.25) is 0 Å². The predicted molar refractivity (Wildman–Crippen MR) is 58.9 cm³/mol. The van der Waals surface area contributed by atoms with Crippen LogP contribution in [0.1, 0.15) is 11.6 Å². The summed E-state index contributed by atoms with van der Waals surface area (Å²) in [7, 11) is 0. The van der Waals surface area contributed by atoms with Crippen LogP contribution < -0.4 is 15.2 Å². The summed E-state index contributed by atoms with van der Waals surface area (Å²) in [4.78, 5) is 0. The Morgan fingerprint density at radius 1 is 1.15 bits per heavy atom. The molecule has 2 rings (SSSR count). The van der Waals surface area contributed by atoms with Crippen molar-refractivity contribution in [3.63, 3.8) is 0 Å². The fourth-order valence-electron chi connectivity index (χ4n) is 1.56. The van der Waals surface area contributed by atoms with E-state index < -0.39 is 30.4 Å². The first-order chi connectivity index (χ1) is 8.60. The minimum Gasteiger partial charge on any atom is -0.395 e. The Hall–Kier alpha value is -1.32. The number of ether oxygens (including phenoxy) is 2. The topological polar surface area (TPSA) is 64.7 Å². The van der Waals surface area contributed by atoms with Crippen LogP contribution in [0.15, 0.2) is 18.2 Å². The van der Waals surface area contributed by atoms with Crippen molar-refractivity contribution in [3.8, 4) is 11.5 Å². The normalized spacial score (nSPS) is 19.1. The standard InChI is InChI=1S/C10H8F5NO3.ClH/c11-9(12,13)8(17)7(16)4-1-2-5-6(3-4)19-10(14,15)18-5;/h1-3,7-8,17H,16H2;1H/t7-,8-;/m1./s1. The van der Waals surface area contributed by atoms with E-state index in [-0.39, 0.29) is 23.7 Å². The molecule has 0 bridgehead atoms. The summed E-state index contributed by atoms with van der Waals surface area (Å²) >= 11 is 0. The van der Waals surface area contributed by atoms with Crippen LogP contribution in [0.2, 0.25) is 0 Å². The molecular weight excluding hydrogens is 313 g/mol. The van der Waals surface area contributed by atoms with Crippen molar-refractivity contribution in [1.29, 1.82) is 0 Å². The van der Waals surface area contributed by atoms with Crippen molar-refractivity contribution in [1.82, 2.24) is 0 Å². The highest BCUT2D eigenvalue weighted by molar-refractivity contribution is 5.85. The third-order valence-corrected chi connectivity index (χ3v) is 2.49. The Balaban J connectivity index is 0.00000200. The monoisotopic (exact) mass is 321 g/mol. The molecule has 0 radical (unpaired) electrons. The lowest BCUT2D eigenvalue weighted by Crippen LogP contribution is -2.38. The molecule has 1 aliphatic rings. The number of nitrogens with two attached hydrogens (primary N) is 1. The Labute approximate surface area is 115 Å². The number of aliphatic hydroxyl groups is 1. The van der Waals surface area contributed by atoms with Gasteiger partial charge in [0.15, 0.2) is 17.6 Å². The summed E-state index contributed by atoms with van der Waals surface area (Å²) < 4.78 is 70.4. The highest BCUT2D eigenvalue weighted by atomic mass is 35.5. The van der Waals surface area contributed by atoms with Gasteiger partial charge in [-0.2, -0.15) is 13.2 Å². The molecule has 10 heteroatoms. The number of benzene rings is 1. The Kier molecular flexibility index (Phi) is 4.37. The summed E-state index contributed by atoms with van der Waals surface area (Å²) in [6, 6.07) is 1.09. The van der Waals surface area contributed by atoms with Crippen LogP contribution in [0.4, 0.5) is 22.0 Å². The summed E-state index contributed by atoms with van der Waals surface area (Å²) in [5, 5.41) is 8.99. The van der Waals surface area contributed by atoms with E-state index in [9.17, 15) is 22.0 Å². The molecular formula is C10H9ClF5NO3. The molecule has 1 aromatic rings. The lowest BCUT2D eigenvalue weighted by Gasteiger charge is -2.21. The quantitative estimate of drug-likeness (QED) is 0.821. The van der Waals surface area contributed by atoms with E-state index in [1.54, 1.807) is 0 Å². The molecule has 0 saturated carbocycles. The van der Waals surface area contributed by atoms with Gasteiger partial charge in [0.25, 0.3) is 0 Å². The van der Waals surface area contributed by atoms with Crippen molar-refractivity contribution >= 4 is 12.4 Å². The summed E-state index contributed by atoms with van der Waals surface area (Å²) in [6.07, 6.45) is -11.6. The summed E-state index contributed by atoms with van der Waals surface area (Å²) in [6.45, 7) is 0. The molecule has 1 heterocycles. The Bertz CT molecular complexity index is 496. The second-order valence-electron chi connectivity index (χ2n) is 3.89. The molecule has 0 amide bonds. The van der Waals surface area contributed by atoms with E-state index in [2.05, 4.69) is 9.47 Å². The highest BCUT2D eigenvalue weighted by Gasteiger charge is 2.45. The SMILES string of the molecule is Cl.N[C@H](c1ccc2c(c1)OC(F)(F)O2)[C@@H](O)C(F)(F)F. The maximum Gasteiger partial charge on any atom is 0.586 e. The lowest BCUT2D eigenvalue weighted by molar-refractivity contribution is -0.286. The average Bonchev–Trinajstić information content (AvgIpc) is 2.58. The van der Waals surface area contributed by atoms with Crippen LogP contribution >= 0.6 is 12.4 Å². The van der Waals surface area contributed by atoms with Crippen molar-refractivity contribution in [2.75, 3.05) is 0 Å². The van der Waals surface area contributed by atoms with E-state index in [0.717, 1.165) is 18.2 Å². The van der Waals surface area contributed by atoms with Crippen molar-refractivity contribution in [2.24, 2.45) is 5.73 Å². The van der Waals surface area contributed by atoms with Gasteiger partial charge >= 0.3 is 12.5 Å².